The summed E-state index contributed by atoms with van der Waals surface area (Å²) in [7, 11) is 0. The van der Waals surface area contributed by atoms with Crippen LogP contribution in [0.2, 0.25) is 0 Å². The largest absolute Gasteiger partial charge is 0.480 e. The van der Waals surface area contributed by atoms with Crippen LogP contribution in [0.5, 0.6) is 0 Å². The van der Waals surface area contributed by atoms with Crippen molar-refractivity contribution in [3.8, 4) is 0 Å². The lowest BCUT2D eigenvalue weighted by Crippen LogP contribution is -2.45. The minimum absolute atomic E-state index is 0.0860. The molecule has 0 radical (unpaired) electrons. The van der Waals surface area contributed by atoms with Crippen LogP contribution in [0.15, 0.2) is 23.1 Å². The molecule has 0 saturated heterocycles. The topological polar surface area (TPSA) is 66.4 Å². The van der Waals surface area contributed by atoms with E-state index in [1.165, 1.54) is 11.8 Å². The normalized spacial score (nSPS) is 13.5. The summed E-state index contributed by atoms with van der Waals surface area (Å²) in [5.41, 5.74) is 2.27. The lowest BCUT2D eigenvalue weighted by Gasteiger charge is -2.20. The minimum Gasteiger partial charge on any atom is -0.480 e. The summed E-state index contributed by atoms with van der Waals surface area (Å²) in [6.07, 6.45) is 0.710. The van der Waals surface area contributed by atoms with Gasteiger partial charge in [-0.3, -0.25) is 4.79 Å². The average Bonchev–Trinajstić information content (AvgIpc) is 2.44. The number of carbonyl (C=O) groups excluding carboxylic acids is 1. The Morgan fingerprint density at radius 3 is 2.57 bits per heavy atom. The minimum atomic E-state index is -0.977. The highest BCUT2D eigenvalue weighted by atomic mass is 32.2. The Kier molecular flexibility index (Phi) is 6.75. The van der Waals surface area contributed by atoms with Gasteiger partial charge in [-0.2, -0.15) is 0 Å². The van der Waals surface area contributed by atoms with Gasteiger partial charge in [-0.1, -0.05) is 38.0 Å². The smallest absolute Gasteiger partial charge is 0.326 e. The number of carboxylic acids is 1. The first-order valence-corrected chi connectivity index (χ1v) is 8.06. The molecule has 5 heteroatoms. The summed E-state index contributed by atoms with van der Waals surface area (Å²) >= 11 is 1.44. The molecule has 0 bridgehead atoms. The summed E-state index contributed by atoms with van der Waals surface area (Å²) in [6, 6.07) is 5.27. The fourth-order valence-electron chi connectivity index (χ4n) is 1.90. The maximum Gasteiger partial charge on any atom is 0.326 e. The Hall–Kier alpha value is -1.49. The van der Waals surface area contributed by atoms with Crippen molar-refractivity contribution in [3.05, 3.63) is 29.3 Å². The van der Waals surface area contributed by atoms with Gasteiger partial charge in [0.2, 0.25) is 5.91 Å². The molecule has 1 aromatic carbocycles. The number of nitrogens with one attached hydrogen (secondary N) is 1. The number of amides is 1. The van der Waals surface area contributed by atoms with Crippen molar-refractivity contribution >= 4 is 23.6 Å². The Labute approximate surface area is 130 Å². The Balaban J connectivity index is 2.61. The van der Waals surface area contributed by atoms with Gasteiger partial charge < -0.3 is 10.4 Å². The summed E-state index contributed by atoms with van der Waals surface area (Å²) < 4.78 is 0. The first kappa shape index (κ1) is 17.6. The SMILES string of the molecule is CC[C@H](C)[C@H](NC(=O)CSc1cc(C)ccc1C)C(=O)O. The van der Waals surface area contributed by atoms with Crippen molar-refractivity contribution in [1.29, 1.82) is 0 Å². The van der Waals surface area contributed by atoms with Crippen LogP contribution in [0, 0.1) is 19.8 Å². The van der Waals surface area contributed by atoms with Crippen LogP contribution in [0.4, 0.5) is 0 Å². The van der Waals surface area contributed by atoms with Gasteiger partial charge in [-0.25, -0.2) is 4.79 Å². The highest BCUT2D eigenvalue weighted by Crippen LogP contribution is 2.23. The molecule has 0 heterocycles. The molecular weight excluding hydrogens is 286 g/mol. The van der Waals surface area contributed by atoms with E-state index < -0.39 is 12.0 Å². The summed E-state index contributed by atoms with van der Waals surface area (Å²) in [5.74, 6) is -1.08. The molecule has 21 heavy (non-hydrogen) atoms. The van der Waals surface area contributed by atoms with Crippen LogP contribution >= 0.6 is 11.8 Å². The highest BCUT2D eigenvalue weighted by molar-refractivity contribution is 8.00. The number of aliphatic carboxylic acids is 1. The van der Waals surface area contributed by atoms with Crippen LogP contribution in [-0.4, -0.2) is 28.8 Å². The fourth-order valence-corrected chi connectivity index (χ4v) is 2.84. The van der Waals surface area contributed by atoms with Crippen LogP contribution < -0.4 is 5.32 Å². The molecule has 2 atom stereocenters. The maximum absolute atomic E-state index is 12.0. The van der Waals surface area contributed by atoms with Crippen molar-refractivity contribution in [2.75, 3.05) is 5.75 Å². The Bertz CT molecular complexity index is 516. The van der Waals surface area contributed by atoms with Gasteiger partial charge in [0.1, 0.15) is 6.04 Å². The van der Waals surface area contributed by atoms with Crippen molar-refractivity contribution in [2.24, 2.45) is 5.92 Å². The molecule has 0 aliphatic carbocycles. The van der Waals surface area contributed by atoms with Gasteiger partial charge in [-0.05, 0) is 31.4 Å². The zero-order chi connectivity index (χ0) is 16.0. The number of carbonyl (C=O) groups is 2. The van der Waals surface area contributed by atoms with Gasteiger partial charge in [0.25, 0.3) is 0 Å². The molecule has 116 valence electrons. The number of hydrogen-bond acceptors (Lipinski definition) is 3. The fraction of sp³-hybridized carbons (Fsp3) is 0.500. The number of aryl methyl sites for hydroxylation is 2. The first-order chi connectivity index (χ1) is 9.85. The predicted octanol–water partition coefficient (Wildman–Crippen LogP) is 3.01. The van der Waals surface area contributed by atoms with E-state index in [9.17, 15) is 9.59 Å². The third-order valence-corrected chi connectivity index (χ3v) is 4.66. The Morgan fingerprint density at radius 1 is 1.33 bits per heavy atom. The molecular formula is C16H23NO3S. The molecule has 0 aliphatic heterocycles. The van der Waals surface area contributed by atoms with Crippen molar-refractivity contribution in [3.63, 3.8) is 0 Å². The number of carboxylic acid groups (broad SMARTS) is 1. The molecule has 0 spiro atoms. The molecule has 0 unspecified atom stereocenters. The first-order valence-electron chi connectivity index (χ1n) is 7.07. The monoisotopic (exact) mass is 309 g/mol. The molecule has 0 fully saturated rings. The summed E-state index contributed by atoms with van der Waals surface area (Å²) in [5, 5.41) is 11.8. The number of hydrogen-bond donors (Lipinski definition) is 2. The van der Waals surface area contributed by atoms with Crippen molar-refractivity contribution in [2.45, 2.75) is 45.1 Å². The second-order valence-corrected chi connectivity index (χ2v) is 6.34. The van der Waals surface area contributed by atoms with E-state index in [1.807, 2.05) is 45.9 Å². The van der Waals surface area contributed by atoms with E-state index in [1.54, 1.807) is 0 Å². The third-order valence-electron chi connectivity index (χ3n) is 3.50. The van der Waals surface area contributed by atoms with E-state index >= 15 is 0 Å². The van der Waals surface area contributed by atoms with Gasteiger partial charge in [0.15, 0.2) is 0 Å². The molecule has 1 rings (SSSR count). The van der Waals surface area contributed by atoms with Gasteiger partial charge in [-0.15, -0.1) is 11.8 Å². The number of rotatable bonds is 7. The maximum atomic E-state index is 12.0. The van der Waals surface area contributed by atoms with E-state index in [-0.39, 0.29) is 17.6 Å². The zero-order valence-corrected chi connectivity index (χ0v) is 13.8. The van der Waals surface area contributed by atoms with Crippen LogP contribution in [0.1, 0.15) is 31.4 Å². The summed E-state index contributed by atoms with van der Waals surface area (Å²) in [6.45, 7) is 7.75. The third kappa shape index (κ3) is 5.42. The van der Waals surface area contributed by atoms with Gasteiger partial charge in [0, 0.05) is 4.90 Å². The second kappa shape index (κ2) is 8.08. The van der Waals surface area contributed by atoms with Crippen molar-refractivity contribution < 1.29 is 14.7 Å². The molecule has 1 amide bonds. The highest BCUT2D eigenvalue weighted by Gasteiger charge is 2.25. The summed E-state index contributed by atoms with van der Waals surface area (Å²) in [4.78, 5) is 24.2. The second-order valence-electron chi connectivity index (χ2n) is 5.33. The van der Waals surface area contributed by atoms with E-state index in [4.69, 9.17) is 5.11 Å². The zero-order valence-electron chi connectivity index (χ0n) is 13.0. The molecule has 4 nitrogen and oxygen atoms in total. The lowest BCUT2D eigenvalue weighted by molar-refractivity contribution is -0.143. The van der Waals surface area contributed by atoms with Crippen molar-refractivity contribution in [1.82, 2.24) is 5.32 Å². The number of thioether (sulfide) groups is 1. The van der Waals surface area contributed by atoms with Gasteiger partial charge >= 0.3 is 5.97 Å². The molecule has 0 saturated carbocycles. The predicted molar refractivity (Wildman–Crippen MR) is 85.7 cm³/mol. The van der Waals surface area contributed by atoms with E-state index in [0.29, 0.717) is 6.42 Å². The molecule has 0 aromatic heterocycles. The quantitative estimate of drug-likeness (QED) is 0.760. The Morgan fingerprint density at radius 2 is 2.00 bits per heavy atom. The van der Waals surface area contributed by atoms with E-state index in [0.717, 1.165) is 16.0 Å². The van der Waals surface area contributed by atoms with Crippen LogP contribution in [-0.2, 0) is 9.59 Å². The number of benzene rings is 1. The molecule has 0 aliphatic rings. The molecule has 2 N–H and O–H groups in total. The lowest BCUT2D eigenvalue weighted by atomic mass is 9.99. The van der Waals surface area contributed by atoms with Crippen LogP contribution in [0.3, 0.4) is 0 Å². The average molecular weight is 309 g/mol. The standard InChI is InChI=1S/C16H23NO3S/c1-5-11(3)15(16(19)20)17-14(18)9-21-13-8-10(2)6-7-12(13)4/h6-8,11,15H,5,9H2,1-4H3,(H,17,18)(H,19,20)/t11-,15-/m0/s1. The van der Waals surface area contributed by atoms with Gasteiger partial charge in [0.05, 0.1) is 5.75 Å². The molecule has 1 aromatic rings. The van der Waals surface area contributed by atoms with E-state index in [2.05, 4.69) is 5.32 Å². The van der Waals surface area contributed by atoms with Crippen LogP contribution in [0.25, 0.3) is 0 Å².